The van der Waals surface area contributed by atoms with Crippen LogP contribution in [0.2, 0.25) is 0 Å². The van der Waals surface area contributed by atoms with Crippen molar-refractivity contribution in [2.45, 2.75) is 6.92 Å². The average Bonchev–Trinajstić information content (AvgIpc) is 2.33. The molecule has 6 heteroatoms. The van der Waals surface area contributed by atoms with Gasteiger partial charge in [-0.25, -0.2) is 9.48 Å². The van der Waals surface area contributed by atoms with Crippen LogP contribution in [0.25, 0.3) is 5.69 Å². The highest BCUT2D eigenvalue weighted by atomic mass is 16.4. The molecule has 86 valence electrons. The van der Waals surface area contributed by atoms with Gasteiger partial charge in [-0.3, -0.25) is 9.78 Å². The van der Waals surface area contributed by atoms with Gasteiger partial charge in [-0.1, -0.05) is 0 Å². The van der Waals surface area contributed by atoms with Gasteiger partial charge in [0.2, 0.25) is 11.1 Å². The molecule has 2 aromatic rings. The summed E-state index contributed by atoms with van der Waals surface area (Å²) in [6.45, 7) is 1.55. The van der Waals surface area contributed by atoms with Gasteiger partial charge in [-0.15, -0.1) is 0 Å². The molecule has 1 N–H and O–H groups in total. The molecule has 2 heterocycles. The molecule has 0 bridgehead atoms. The van der Waals surface area contributed by atoms with Crippen molar-refractivity contribution < 1.29 is 9.90 Å². The summed E-state index contributed by atoms with van der Waals surface area (Å²) < 4.78 is 1.35. The molecule has 0 saturated carbocycles. The summed E-state index contributed by atoms with van der Waals surface area (Å²) >= 11 is 0. The number of pyridine rings is 1. The summed E-state index contributed by atoms with van der Waals surface area (Å²) in [4.78, 5) is 26.2. The van der Waals surface area contributed by atoms with E-state index in [0.717, 1.165) is 0 Å². The van der Waals surface area contributed by atoms with Crippen LogP contribution in [-0.4, -0.2) is 25.8 Å². The summed E-state index contributed by atoms with van der Waals surface area (Å²) in [7, 11) is 0. The van der Waals surface area contributed by atoms with Gasteiger partial charge < -0.3 is 5.11 Å². The molecular formula is C11H9N3O3. The van der Waals surface area contributed by atoms with E-state index >= 15 is 0 Å². The van der Waals surface area contributed by atoms with Crippen LogP contribution in [0.15, 0.2) is 35.5 Å². The number of carbonyl (C=O) groups is 1. The quantitative estimate of drug-likeness (QED) is 0.819. The fourth-order valence-corrected chi connectivity index (χ4v) is 1.38. The molecule has 0 atom stereocenters. The molecule has 0 aliphatic heterocycles. The van der Waals surface area contributed by atoms with Gasteiger partial charge in [0.15, 0.2) is 0 Å². The summed E-state index contributed by atoms with van der Waals surface area (Å²) in [5.41, 5.74) is -0.0792. The van der Waals surface area contributed by atoms with Crippen molar-refractivity contribution in [2.75, 3.05) is 0 Å². The maximum Gasteiger partial charge on any atom is 0.360 e. The van der Waals surface area contributed by atoms with E-state index in [2.05, 4.69) is 10.1 Å². The average molecular weight is 231 g/mol. The van der Waals surface area contributed by atoms with Crippen LogP contribution in [0.5, 0.6) is 0 Å². The number of carboxylic acid groups (broad SMARTS) is 1. The van der Waals surface area contributed by atoms with Gasteiger partial charge in [0, 0.05) is 24.2 Å². The Morgan fingerprint density at radius 3 is 2.59 bits per heavy atom. The Bertz CT molecular complexity index is 620. The monoisotopic (exact) mass is 231 g/mol. The summed E-state index contributed by atoms with van der Waals surface area (Å²) in [6.07, 6.45) is 4.61. The first kappa shape index (κ1) is 11.0. The van der Waals surface area contributed by atoms with E-state index in [9.17, 15) is 9.59 Å². The highest BCUT2D eigenvalue weighted by Gasteiger charge is 2.13. The summed E-state index contributed by atoms with van der Waals surface area (Å²) in [6, 6.07) is 3.34. The SMILES string of the molecule is Cc1cn(-c2ccncc2)nc(C(=O)O)c1=O. The van der Waals surface area contributed by atoms with Crippen LogP contribution in [0.1, 0.15) is 16.1 Å². The normalized spacial score (nSPS) is 10.2. The van der Waals surface area contributed by atoms with Crippen molar-refractivity contribution in [2.24, 2.45) is 0 Å². The number of aromatic carboxylic acids is 1. The Morgan fingerprint density at radius 2 is 2.00 bits per heavy atom. The highest BCUT2D eigenvalue weighted by molar-refractivity contribution is 5.85. The van der Waals surface area contributed by atoms with Gasteiger partial charge in [0.25, 0.3) is 0 Å². The maximum atomic E-state index is 11.5. The standard InChI is InChI=1S/C11H9N3O3/c1-7-6-14(8-2-4-12-5-3-8)13-9(10(7)15)11(16)17/h2-6H,1H3,(H,16,17). The third-order valence-corrected chi connectivity index (χ3v) is 2.23. The third-order valence-electron chi connectivity index (χ3n) is 2.23. The minimum Gasteiger partial charge on any atom is -0.476 e. The van der Waals surface area contributed by atoms with Crippen molar-refractivity contribution in [1.29, 1.82) is 0 Å². The van der Waals surface area contributed by atoms with Gasteiger partial charge in [-0.2, -0.15) is 5.10 Å². The van der Waals surface area contributed by atoms with E-state index in [-0.39, 0.29) is 0 Å². The number of aryl methyl sites for hydroxylation is 1. The van der Waals surface area contributed by atoms with Gasteiger partial charge >= 0.3 is 5.97 Å². The Labute approximate surface area is 96.2 Å². The number of hydrogen-bond acceptors (Lipinski definition) is 4. The van der Waals surface area contributed by atoms with Crippen molar-refractivity contribution in [3.63, 3.8) is 0 Å². The lowest BCUT2D eigenvalue weighted by Crippen LogP contribution is -2.23. The highest BCUT2D eigenvalue weighted by Crippen LogP contribution is 2.04. The van der Waals surface area contributed by atoms with E-state index in [1.165, 1.54) is 10.9 Å². The van der Waals surface area contributed by atoms with E-state index in [4.69, 9.17) is 5.11 Å². The zero-order valence-electron chi connectivity index (χ0n) is 8.99. The summed E-state index contributed by atoms with van der Waals surface area (Å²) in [5.74, 6) is -1.33. The molecule has 6 nitrogen and oxygen atoms in total. The largest absolute Gasteiger partial charge is 0.476 e. The molecule has 17 heavy (non-hydrogen) atoms. The molecular weight excluding hydrogens is 222 g/mol. The Kier molecular flexibility index (Phi) is 2.70. The second-order valence-electron chi connectivity index (χ2n) is 3.44. The van der Waals surface area contributed by atoms with Crippen molar-refractivity contribution in [3.8, 4) is 5.69 Å². The lowest BCUT2D eigenvalue weighted by molar-refractivity contribution is 0.0686. The molecule has 0 aromatic carbocycles. The lowest BCUT2D eigenvalue weighted by Gasteiger charge is -2.06. The number of hydrogen-bond donors (Lipinski definition) is 1. The first-order chi connectivity index (χ1) is 8.09. The number of carboxylic acids is 1. The second kappa shape index (κ2) is 4.17. The fraction of sp³-hybridized carbons (Fsp3) is 0.0909. The number of rotatable bonds is 2. The van der Waals surface area contributed by atoms with E-state index in [1.807, 2.05) is 0 Å². The number of nitrogens with zero attached hydrogens (tertiary/aromatic N) is 3. The molecule has 0 amide bonds. The molecule has 2 aromatic heterocycles. The molecule has 0 aliphatic carbocycles. The molecule has 0 radical (unpaired) electrons. The Balaban J connectivity index is 2.66. The van der Waals surface area contributed by atoms with Crippen LogP contribution in [0.4, 0.5) is 0 Å². The first-order valence-corrected chi connectivity index (χ1v) is 4.84. The topological polar surface area (TPSA) is 85.1 Å². The fourth-order valence-electron chi connectivity index (χ4n) is 1.38. The minimum atomic E-state index is -1.33. The Morgan fingerprint density at radius 1 is 1.35 bits per heavy atom. The molecule has 2 rings (SSSR count). The van der Waals surface area contributed by atoms with Crippen LogP contribution in [0, 0.1) is 6.92 Å². The zero-order chi connectivity index (χ0) is 12.4. The van der Waals surface area contributed by atoms with Crippen LogP contribution < -0.4 is 5.43 Å². The van der Waals surface area contributed by atoms with Gasteiger partial charge in [-0.05, 0) is 19.1 Å². The molecule has 0 spiro atoms. The molecule has 0 fully saturated rings. The molecule has 0 saturated heterocycles. The van der Waals surface area contributed by atoms with E-state index in [0.29, 0.717) is 11.3 Å². The lowest BCUT2D eigenvalue weighted by atomic mass is 10.2. The van der Waals surface area contributed by atoms with E-state index in [1.54, 1.807) is 31.5 Å². The van der Waals surface area contributed by atoms with Gasteiger partial charge in [0.05, 0.1) is 5.69 Å². The second-order valence-corrected chi connectivity index (χ2v) is 3.44. The van der Waals surface area contributed by atoms with Crippen LogP contribution in [-0.2, 0) is 0 Å². The third kappa shape index (κ3) is 2.05. The first-order valence-electron chi connectivity index (χ1n) is 4.84. The number of aromatic nitrogens is 3. The van der Waals surface area contributed by atoms with Crippen molar-refractivity contribution >= 4 is 5.97 Å². The van der Waals surface area contributed by atoms with Crippen LogP contribution in [0.3, 0.4) is 0 Å². The zero-order valence-corrected chi connectivity index (χ0v) is 8.99. The van der Waals surface area contributed by atoms with Gasteiger partial charge in [0.1, 0.15) is 0 Å². The molecule has 0 aliphatic rings. The smallest absolute Gasteiger partial charge is 0.360 e. The maximum absolute atomic E-state index is 11.5. The Hall–Kier alpha value is -2.50. The van der Waals surface area contributed by atoms with Crippen molar-refractivity contribution in [1.82, 2.24) is 14.8 Å². The summed E-state index contributed by atoms with van der Waals surface area (Å²) in [5, 5.41) is 12.7. The predicted molar refractivity (Wildman–Crippen MR) is 59.3 cm³/mol. The molecule has 0 unspecified atom stereocenters. The van der Waals surface area contributed by atoms with Crippen LogP contribution >= 0.6 is 0 Å². The van der Waals surface area contributed by atoms with E-state index < -0.39 is 17.1 Å². The minimum absolute atomic E-state index is 0.328. The van der Waals surface area contributed by atoms with Crippen molar-refractivity contribution in [3.05, 3.63) is 52.2 Å². The predicted octanol–water partition coefficient (Wildman–Crippen LogP) is 0.634.